The predicted molar refractivity (Wildman–Crippen MR) is 84.9 cm³/mol. The van der Waals surface area contributed by atoms with Gasteiger partial charge in [0, 0.05) is 45.3 Å². The first kappa shape index (κ1) is 16.7. The summed E-state index contributed by atoms with van der Waals surface area (Å²) in [6, 6.07) is 0. The first-order valence-electron chi connectivity index (χ1n) is 8.82. The van der Waals surface area contributed by atoms with Crippen molar-refractivity contribution >= 4 is 11.8 Å². The van der Waals surface area contributed by atoms with Crippen molar-refractivity contribution in [1.29, 1.82) is 0 Å². The summed E-state index contributed by atoms with van der Waals surface area (Å²) < 4.78 is 10.5. The standard InChI is InChI=1S/C17H28N2O4/c1-22-12-10-19-15(20)3-6-17(19)5-2-8-18(9-7-17)16(21)14-4-11-23-13-14/h14H,2-13H2,1H3. The van der Waals surface area contributed by atoms with E-state index in [2.05, 4.69) is 0 Å². The van der Waals surface area contributed by atoms with Crippen molar-refractivity contribution in [1.82, 2.24) is 9.80 Å². The molecule has 6 heteroatoms. The Labute approximate surface area is 138 Å². The van der Waals surface area contributed by atoms with E-state index < -0.39 is 0 Å². The van der Waals surface area contributed by atoms with Crippen molar-refractivity contribution < 1.29 is 19.1 Å². The Morgan fingerprint density at radius 2 is 2.22 bits per heavy atom. The molecule has 6 nitrogen and oxygen atoms in total. The van der Waals surface area contributed by atoms with Crippen molar-refractivity contribution in [3.8, 4) is 0 Å². The van der Waals surface area contributed by atoms with Gasteiger partial charge in [-0.25, -0.2) is 0 Å². The molecule has 0 N–H and O–H groups in total. The van der Waals surface area contributed by atoms with Crippen LogP contribution in [0.25, 0.3) is 0 Å². The number of rotatable bonds is 4. The molecular formula is C17H28N2O4. The number of amides is 2. The molecule has 0 radical (unpaired) electrons. The molecule has 2 atom stereocenters. The van der Waals surface area contributed by atoms with Gasteiger partial charge in [0.2, 0.25) is 11.8 Å². The van der Waals surface area contributed by atoms with Crippen LogP contribution in [0.5, 0.6) is 0 Å². The van der Waals surface area contributed by atoms with E-state index in [1.807, 2.05) is 9.80 Å². The van der Waals surface area contributed by atoms with Crippen LogP contribution in [0.2, 0.25) is 0 Å². The Bertz CT molecular complexity index is 450. The summed E-state index contributed by atoms with van der Waals surface area (Å²) in [6.45, 7) is 4.08. The van der Waals surface area contributed by atoms with E-state index in [4.69, 9.17) is 9.47 Å². The van der Waals surface area contributed by atoms with Crippen LogP contribution in [0.3, 0.4) is 0 Å². The van der Waals surface area contributed by atoms with Gasteiger partial charge < -0.3 is 19.3 Å². The number of hydrogen-bond donors (Lipinski definition) is 0. The third-order valence-electron chi connectivity index (χ3n) is 5.70. The number of likely N-dealkylation sites (tertiary alicyclic amines) is 2. The van der Waals surface area contributed by atoms with Crippen molar-refractivity contribution in [2.45, 2.75) is 44.1 Å². The molecule has 130 valence electrons. The van der Waals surface area contributed by atoms with E-state index in [0.717, 1.165) is 45.2 Å². The largest absolute Gasteiger partial charge is 0.383 e. The highest BCUT2D eigenvalue weighted by Crippen LogP contribution is 2.39. The Morgan fingerprint density at radius 3 is 2.96 bits per heavy atom. The minimum absolute atomic E-state index is 0.0406. The van der Waals surface area contributed by atoms with Gasteiger partial charge in [0.25, 0.3) is 0 Å². The van der Waals surface area contributed by atoms with Crippen LogP contribution < -0.4 is 0 Å². The van der Waals surface area contributed by atoms with Crippen LogP contribution in [0.1, 0.15) is 38.5 Å². The average molecular weight is 324 g/mol. The van der Waals surface area contributed by atoms with Crippen molar-refractivity contribution in [2.24, 2.45) is 5.92 Å². The summed E-state index contributed by atoms with van der Waals surface area (Å²) >= 11 is 0. The van der Waals surface area contributed by atoms with E-state index >= 15 is 0 Å². The molecule has 0 aliphatic carbocycles. The van der Waals surface area contributed by atoms with Gasteiger partial charge in [0.05, 0.1) is 19.1 Å². The van der Waals surface area contributed by atoms with Gasteiger partial charge in [0.15, 0.2) is 0 Å². The van der Waals surface area contributed by atoms with Gasteiger partial charge in [-0.05, 0) is 32.1 Å². The summed E-state index contributed by atoms with van der Waals surface area (Å²) in [5, 5.41) is 0. The molecule has 0 aromatic rings. The first-order chi connectivity index (χ1) is 11.2. The predicted octanol–water partition coefficient (Wildman–Crippen LogP) is 1.04. The molecule has 0 bridgehead atoms. The Kier molecular flexibility index (Phi) is 5.21. The van der Waals surface area contributed by atoms with Crippen LogP contribution in [0.4, 0.5) is 0 Å². The quantitative estimate of drug-likeness (QED) is 0.775. The minimum atomic E-state index is -0.0587. The van der Waals surface area contributed by atoms with Gasteiger partial charge >= 0.3 is 0 Å². The maximum absolute atomic E-state index is 12.6. The third-order valence-corrected chi connectivity index (χ3v) is 5.70. The summed E-state index contributed by atoms with van der Waals surface area (Å²) in [7, 11) is 1.67. The molecule has 3 saturated heterocycles. The van der Waals surface area contributed by atoms with E-state index in [-0.39, 0.29) is 23.3 Å². The zero-order valence-corrected chi connectivity index (χ0v) is 14.1. The number of hydrogen-bond acceptors (Lipinski definition) is 4. The smallest absolute Gasteiger partial charge is 0.228 e. The van der Waals surface area contributed by atoms with Crippen LogP contribution >= 0.6 is 0 Å². The maximum atomic E-state index is 12.6. The number of carbonyl (C=O) groups is 2. The van der Waals surface area contributed by atoms with Crippen LogP contribution in [-0.2, 0) is 19.1 Å². The zero-order chi connectivity index (χ0) is 16.3. The highest BCUT2D eigenvalue weighted by Gasteiger charge is 2.46. The number of methoxy groups -OCH3 is 1. The molecule has 23 heavy (non-hydrogen) atoms. The molecule has 2 unspecified atom stereocenters. The highest BCUT2D eigenvalue weighted by atomic mass is 16.5. The van der Waals surface area contributed by atoms with Crippen LogP contribution in [0.15, 0.2) is 0 Å². The molecule has 3 rings (SSSR count). The fraction of sp³-hybridized carbons (Fsp3) is 0.882. The van der Waals surface area contributed by atoms with Crippen molar-refractivity contribution in [3.63, 3.8) is 0 Å². The number of carbonyl (C=O) groups excluding carboxylic acids is 2. The normalized spacial score (nSPS) is 31.9. The van der Waals surface area contributed by atoms with E-state index in [1.54, 1.807) is 7.11 Å². The lowest BCUT2D eigenvalue weighted by Crippen LogP contribution is -2.48. The van der Waals surface area contributed by atoms with Gasteiger partial charge in [-0.2, -0.15) is 0 Å². The van der Waals surface area contributed by atoms with Gasteiger partial charge in [0.1, 0.15) is 0 Å². The number of ether oxygens (including phenoxy) is 2. The average Bonchev–Trinajstić information content (AvgIpc) is 3.12. The summed E-state index contributed by atoms with van der Waals surface area (Å²) in [5.74, 6) is 0.525. The molecule has 3 heterocycles. The van der Waals surface area contributed by atoms with E-state index in [0.29, 0.717) is 32.8 Å². The molecule has 0 saturated carbocycles. The van der Waals surface area contributed by atoms with Gasteiger partial charge in [-0.15, -0.1) is 0 Å². The monoisotopic (exact) mass is 324 g/mol. The summed E-state index contributed by atoms with van der Waals surface area (Å²) in [6.07, 6.45) is 5.25. The van der Waals surface area contributed by atoms with Crippen molar-refractivity contribution in [2.75, 3.05) is 46.6 Å². The lowest BCUT2D eigenvalue weighted by Gasteiger charge is -2.38. The maximum Gasteiger partial charge on any atom is 0.228 e. The molecule has 3 fully saturated rings. The Hall–Kier alpha value is -1.14. The van der Waals surface area contributed by atoms with E-state index in [1.165, 1.54) is 0 Å². The minimum Gasteiger partial charge on any atom is -0.383 e. The second-order valence-corrected chi connectivity index (χ2v) is 7.00. The highest BCUT2D eigenvalue weighted by molar-refractivity contribution is 5.80. The van der Waals surface area contributed by atoms with Crippen LogP contribution in [0, 0.1) is 5.92 Å². The summed E-state index contributed by atoms with van der Waals surface area (Å²) in [4.78, 5) is 28.9. The fourth-order valence-corrected chi connectivity index (χ4v) is 4.33. The second-order valence-electron chi connectivity index (χ2n) is 7.00. The van der Waals surface area contributed by atoms with Crippen molar-refractivity contribution in [3.05, 3.63) is 0 Å². The van der Waals surface area contributed by atoms with Gasteiger partial charge in [-0.3, -0.25) is 9.59 Å². The zero-order valence-electron chi connectivity index (χ0n) is 14.1. The number of nitrogens with zero attached hydrogens (tertiary/aromatic N) is 2. The topological polar surface area (TPSA) is 59.1 Å². The molecule has 2 amide bonds. The second kappa shape index (κ2) is 7.18. The Morgan fingerprint density at radius 1 is 1.35 bits per heavy atom. The molecule has 3 aliphatic rings. The third kappa shape index (κ3) is 3.38. The SMILES string of the molecule is COCCN1C(=O)CCC12CCCN(C(=O)C1CCOC1)CC2. The lowest BCUT2D eigenvalue weighted by molar-refractivity contribution is -0.135. The van der Waals surface area contributed by atoms with Crippen LogP contribution in [-0.4, -0.2) is 73.7 Å². The molecule has 1 spiro atoms. The lowest BCUT2D eigenvalue weighted by atomic mass is 9.87. The van der Waals surface area contributed by atoms with Gasteiger partial charge in [-0.1, -0.05) is 0 Å². The van der Waals surface area contributed by atoms with E-state index in [9.17, 15) is 9.59 Å². The molecule has 0 aromatic carbocycles. The molecular weight excluding hydrogens is 296 g/mol. The molecule has 0 aromatic heterocycles. The fourth-order valence-electron chi connectivity index (χ4n) is 4.33. The molecule has 3 aliphatic heterocycles. The first-order valence-corrected chi connectivity index (χ1v) is 8.82. The summed E-state index contributed by atoms with van der Waals surface area (Å²) in [5.41, 5.74) is -0.0587. The Balaban J connectivity index is 1.64.